The van der Waals surface area contributed by atoms with Crippen LogP contribution in [0.3, 0.4) is 0 Å². The average molecular weight is 269 g/mol. The second kappa shape index (κ2) is 4.78. The fourth-order valence-corrected chi connectivity index (χ4v) is 3.41. The van der Waals surface area contributed by atoms with Crippen LogP contribution in [0, 0.1) is 5.41 Å². The van der Waals surface area contributed by atoms with Crippen LogP contribution in [0.4, 0.5) is 0 Å². The first-order valence-corrected chi connectivity index (χ1v) is 7.40. The van der Waals surface area contributed by atoms with Gasteiger partial charge in [0.2, 0.25) is 0 Å². The van der Waals surface area contributed by atoms with Gasteiger partial charge < -0.3 is 9.67 Å². The van der Waals surface area contributed by atoms with Gasteiger partial charge in [0.25, 0.3) is 0 Å². The Morgan fingerprint density at radius 3 is 2.60 bits per heavy atom. The van der Waals surface area contributed by atoms with Crippen molar-refractivity contribution in [3.05, 3.63) is 59.4 Å². The molecule has 2 aromatic rings. The second-order valence-corrected chi connectivity index (χ2v) is 6.77. The molecule has 0 bridgehead atoms. The lowest BCUT2D eigenvalue weighted by molar-refractivity contribution is 0.0978. The predicted octanol–water partition coefficient (Wildman–Crippen LogP) is 4.10. The maximum Gasteiger partial charge on any atom is 0.0812 e. The van der Waals surface area contributed by atoms with Crippen molar-refractivity contribution < 1.29 is 5.11 Å². The average Bonchev–Trinajstić information content (AvgIpc) is 2.81. The van der Waals surface area contributed by atoms with Crippen molar-refractivity contribution in [2.75, 3.05) is 0 Å². The van der Waals surface area contributed by atoms with E-state index in [0.717, 1.165) is 18.4 Å². The van der Waals surface area contributed by atoms with E-state index in [9.17, 15) is 5.11 Å². The van der Waals surface area contributed by atoms with Crippen molar-refractivity contribution in [1.29, 1.82) is 0 Å². The standard InChI is InChI=1S/C18H23NO/c1-13(14-7-5-4-6-8-14)19-10-9-15-16(19)11-18(2,3)12-17(15)20/h4-10,13,17,20H,11-12H2,1-3H3. The van der Waals surface area contributed by atoms with Crippen molar-refractivity contribution in [1.82, 2.24) is 4.57 Å². The summed E-state index contributed by atoms with van der Waals surface area (Å²) in [6, 6.07) is 13.0. The number of hydrogen-bond acceptors (Lipinski definition) is 1. The summed E-state index contributed by atoms with van der Waals surface area (Å²) in [7, 11) is 0. The molecule has 1 aromatic carbocycles. The minimum Gasteiger partial charge on any atom is -0.388 e. The van der Waals surface area contributed by atoms with Gasteiger partial charge in [0.1, 0.15) is 0 Å². The molecule has 0 saturated carbocycles. The summed E-state index contributed by atoms with van der Waals surface area (Å²) in [5.74, 6) is 0. The van der Waals surface area contributed by atoms with Gasteiger partial charge in [-0.05, 0) is 36.8 Å². The van der Waals surface area contributed by atoms with Crippen LogP contribution >= 0.6 is 0 Å². The van der Waals surface area contributed by atoms with Crippen molar-refractivity contribution in [2.45, 2.75) is 45.8 Å². The summed E-state index contributed by atoms with van der Waals surface area (Å²) in [5.41, 5.74) is 3.89. The third kappa shape index (κ3) is 2.29. The Morgan fingerprint density at radius 1 is 1.20 bits per heavy atom. The lowest BCUT2D eigenvalue weighted by Gasteiger charge is -2.34. The first-order chi connectivity index (χ1) is 9.48. The molecular weight excluding hydrogens is 246 g/mol. The number of aliphatic hydroxyl groups excluding tert-OH is 1. The molecule has 2 atom stereocenters. The Kier molecular flexibility index (Phi) is 3.21. The highest BCUT2D eigenvalue weighted by molar-refractivity contribution is 5.32. The van der Waals surface area contributed by atoms with E-state index in [1.54, 1.807) is 0 Å². The fraction of sp³-hybridized carbons (Fsp3) is 0.444. The third-order valence-electron chi connectivity index (χ3n) is 4.51. The molecule has 0 spiro atoms. The van der Waals surface area contributed by atoms with Crippen LogP contribution in [0.25, 0.3) is 0 Å². The van der Waals surface area contributed by atoms with Gasteiger partial charge in [-0.3, -0.25) is 0 Å². The van der Waals surface area contributed by atoms with Gasteiger partial charge >= 0.3 is 0 Å². The lowest BCUT2D eigenvalue weighted by atomic mass is 9.75. The highest BCUT2D eigenvalue weighted by Crippen LogP contribution is 2.42. The van der Waals surface area contributed by atoms with E-state index in [-0.39, 0.29) is 11.5 Å². The molecule has 0 saturated heterocycles. The number of aliphatic hydroxyl groups is 1. The molecule has 0 radical (unpaired) electrons. The first-order valence-electron chi connectivity index (χ1n) is 7.40. The molecule has 1 aromatic heterocycles. The molecule has 2 heteroatoms. The van der Waals surface area contributed by atoms with Gasteiger partial charge in [0.05, 0.1) is 12.1 Å². The lowest BCUT2D eigenvalue weighted by Crippen LogP contribution is -2.27. The SMILES string of the molecule is CC(c1ccccc1)n1ccc2c1CC(C)(C)CC2O. The predicted molar refractivity (Wildman–Crippen MR) is 81.7 cm³/mol. The Balaban J connectivity index is 2.01. The number of benzene rings is 1. The molecule has 2 unspecified atom stereocenters. The van der Waals surface area contributed by atoms with Gasteiger partial charge in [0.15, 0.2) is 0 Å². The van der Waals surface area contributed by atoms with Crippen molar-refractivity contribution in [2.24, 2.45) is 5.41 Å². The summed E-state index contributed by atoms with van der Waals surface area (Å²) < 4.78 is 2.33. The van der Waals surface area contributed by atoms with Gasteiger partial charge in [-0.15, -0.1) is 0 Å². The quantitative estimate of drug-likeness (QED) is 0.872. The van der Waals surface area contributed by atoms with Gasteiger partial charge in [-0.2, -0.15) is 0 Å². The zero-order chi connectivity index (χ0) is 14.3. The highest BCUT2D eigenvalue weighted by Gasteiger charge is 2.33. The van der Waals surface area contributed by atoms with E-state index in [1.807, 2.05) is 6.07 Å². The number of rotatable bonds is 2. The first kappa shape index (κ1) is 13.4. The third-order valence-corrected chi connectivity index (χ3v) is 4.51. The van der Waals surface area contributed by atoms with Crippen LogP contribution in [0.5, 0.6) is 0 Å². The molecule has 1 aliphatic rings. The molecule has 0 aliphatic heterocycles. The minimum atomic E-state index is -0.321. The molecule has 3 rings (SSSR count). The maximum absolute atomic E-state index is 10.3. The Morgan fingerprint density at radius 2 is 1.90 bits per heavy atom. The Labute approximate surface area is 121 Å². The van der Waals surface area contributed by atoms with Crippen LogP contribution in [-0.4, -0.2) is 9.67 Å². The highest BCUT2D eigenvalue weighted by atomic mass is 16.3. The van der Waals surface area contributed by atoms with E-state index >= 15 is 0 Å². The molecule has 1 aliphatic carbocycles. The molecule has 1 N–H and O–H groups in total. The Bertz CT molecular complexity index is 597. The second-order valence-electron chi connectivity index (χ2n) is 6.77. The van der Waals surface area contributed by atoms with Crippen LogP contribution in [-0.2, 0) is 6.42 Å². The molecule has 2 nitrogen and oxygen atoms in total. The van der Waals surface area contributed by atoms with E-state index in [0.29, 0.717) is 6.04 Å². The van der Waals surface area contributed by atoms with Gasteiger partial charge in [-0.25, -0.2) is 0 Å². The number of hydrogen-bond donors (Lipinski definition) is 1. The molecular formula is C18H23NO. The molecule has 0 fully saturated rings. The van der Waals surface area contributed by atoms with Crippen LogP contribution in [0.15, 0.2) is 42.6 Å². The zero-order valence-corrected chi connectivity index (χ0v) is 12.5. The van der Waals surface area contributed by atoms with Crippen molar-refractivity contribution >= 4 is 0 Å². The number of nitrogens with zero attached hydrogens (tertiary/aromatic N) is 1. The van der Waals surface area contributed by atoms with Crippen molar-refractivity contribution in [3.63, 3.8) is 0 Å². The summed E-state index contributed by atoms with van der Waals surface area (Å²) in [6.45, 7) is 6.71. The normalized spacial score (nSPS) is 22.3. The number of aromatic nitrogens is 1. The molecule has 1 heterocycles. The monoisotopic (exact) mass is 269 g/mol. The summed E-state index contributed by atoms with van der Waals surface area (Å²) in [4.78, 5) is 0. The molecule has 20 heavy (non-hydrogen) atoms. The zero-order valence-electron chi connectivity index (χ0n) is 12.5. The van der Waals surface area contributed by atoms with E-state index in [4.69, 9.17) is 0 Å². The maximum atomic E-state index is 10.3. The minimum absolute atomic E-state index is 0.166. The summed E-state index contributed by atoms with van der Waals surface area (Å²) >= 11 is 0. The largest absolute Gasteiger partial charge is 0.388 e. The number of fused-ring (bicyclic) bond motifs is 1. The molecule has 0 amide bonds. The van der Waals surface area contributed by atoms with E-state index in [1.165, 1.54) is 11.3 Å². The van der Waals surface area contributed by atoms with Crippen LogP contribution < -0.4 is 0 Å². The fourth-order valence-electron chi connectivity index (χ4n) is 3.41. The van der Waals surface area contributed by atoms with Gasteiger partial charge in [-0.1, -0.05) is 44.2 Å². The summed E-state index contributed by atoms with van der Waals surface area (Å²) in [6.07, 6.45) is 3.69. The smallest absolute Gasteiger partial charge is 0.0812 e. The van der Waals surface area contributed by atoms with Crippen LogP contribution in [0.1, 0.15) is 56.2 Å². The van der Waals surface area contributed by atoms with E-state index < -0.39 is 0 Å². The van der Waals surface area contributed by atoms with Crippen molar-refractivity contribution in [3.8, 4) is 0 Å². The molecule has 106 valence electrons. The Hall–Kier alpha value is -1.54. The van der Waals surface area contributed by atoms with Gasteiger partial charge in [0, 0.05) is 17.5 Å². The summed E-state index contributed by atoms with van der Waals surface area (Å²) in [5, 5.41) is 10.3. The van der Waals surface area contributed by atoms with Crippen LogP contribution in [0.2, 0.25) is 0 Å². The van der Waals surface area contributed by atoms with E-state index in [2.05, 4.69) is 61.9 Å². The topological polar surface area (TPSA) is 25.2 Å².